The van der Waals surface area contributed by atoms with Crippen LogP contribution in [0.1, 0.15) is 25.7 Å². The van der Waals surface area contributed by atoms with Crippen LogP contribution in [0, 0.1) is 11.8 Å². The van der Waals surface area contributed by atoms with E-state index in [4.69, 9.17) is 18.0 Å². The van der Waals surface area contributed by atoms with E-state index in [9.17, 15) is 9.59 Å². The van der Waals surface area contributed by atoms with Gasteiger partial charge in [0, 0.05) is 0 Å². The largest absolute Gasteiger partial charge is 0.374 e. The average molecular weight is 227 g/mol. The van der Waals surface area contributed by atoms with Crippen LogP contribution in [0.5, 0.6) is 0 Å². The van der Waals surface area contributed by atoms with E-state index in [0.717, 1.165) is 30.7 Å². The quantitative estimate of drug-likeness (QED) is 0.567. The number of rotatable bonds is 0. The molecule has 5 nitrogen and oxygen atoms in total. The first-order chi connectivity index (χ1) is 7.11. The van der Waals surface area contributed by atoms with Gasteiger partial charge in [-0.25, -0.2) is 0 Å². The number of hydrogen-bond donors (Lipinski definition) is 2. The highest BCUT2D eigenvalue weighted by Crippen LogP contribution is 2.33. The maximum absolute atomic E-state index is 11.9. The van der Waals surface area contributed by atoms with E-state index in [0.29, 0.717) is 0 Å². The van der Waals surface area contributed by atoms with Crippen molar-refractivity contribution < 1.29 is 9.59 Å². The number of thiocarbonyl (C=S) groups is 1. The Kier molecular flexibility index (Phi) is 2.60. The lowest BCUT2D eigenvalue weighted by Gasteiger charge is -2.38. The zero-order valence-corrected chi connectivity index (χ0v) is 9.05. The molecule has 0 aromatic rings. The molecule has 2 atom stereocenters. The number of amides is 2. The molecule has 6 heteroatoms. The predicted octanol–water partition coefficient (Wildman–Crippen LogP) is -0.0902. The van der Waals surface area contributed by atoms with E-state index in [2.05, 4.69) is 5.43 Å². The van der Waals surface area contributed by atoms with Crippen molar-refractivity contribution in [2.45, 2.75) is 25.7 Å². The van der Waals surface area contributed by atoms with Crippen LogP contribution in [0.2, 0.25) is 0 Å². The number of hydrogen-bond acceptors (Lipinski definition) is 3. The van der Waals surface area contributed by atoms with Crippen molar-refractivity contribution in [2.24, 2.45) is 17.6 Å². The second-order valence-corrected chi connectivity index (χ2v) is 4.40. The Morgan fingerprint density at radius 3 is 2.53 bits per heavy atom. The summed E-state index contributed by atoms with van der Waals surface area (Å²) in [6.07, 6.45) is 3.55. The molecule has 2 fully saturated rings. The third kappa shape index (κ3) is 1.69. The fourth-order valence-electron chi connectivity index (χ4n) is 2.32. The molecule has 82 valence electrons. The van der Waals surface area contributed by atoms with E-state index in [-0.39, 0.29) is 28.8 Å². The number of carbonyl (C=O) groups is 2. The monoisotopic (exact) mass is 227 g/mol. The Bertz CT molecular complexity index is 331. The summed E-state index contributed by atoms with van der Waals surface area (Å²) in [5.74, 6) is -0.704. The second kappa shape index (κ2) is 3.77. The molecule has 2 unspecified atom stereocenters. The maximum atomic E-state index is 11.9. The third-order valence-corrected chi connectivity index (χ3v) is 3.27. The van der Waals surface area contributed by atoms with Crippen LogP contribution in [0.3, 0.4) is 0 Å². The lowest BCUT2D eigenvalue weighted by molar-refractivity contribution is -0.153. The standard InChI is InChI=1S/C9H13N3O2S/c10-9(15)12-8(14)6-4-2-1-3-5(6)7(13)11-12/h5-6H,1-4H2,(H2,10,15)(H,11,13). The van der Waals surface area contributed by atoms with Gasteiger partial charge in [-0.3, -0.25) is 15.0 Å². The highest BCUT2D eigenvalue weighted by atomic mass is 32.1. The highest BCUT2D eigenvalue weighted by Gasteiger charge is 2.43. The van der Waals surface area contributed by atoms with Crippen molar-refractivity contribution in [3.63, 3.8) is 0 Å². The van der Waals surface area contributed by atoms with Crippen LogP contribution < -0.4 is 11.2 Å². The van der Waals surface area contributed by atoms with Crippen molar-refractivity contribution in [1.29, 1.82) is 0 Å². The van der Waals surface area contributed by atoms with Crippen LogP contribution in [-0.4, -0.2) is 21.9 Å². The third-order valence-electron chi connectivity index (χ3n) is 3.08. The van der Waals surface area contributed by atoms with Gasteiger partial charge in [-0.15, -0.1) is 0 Å². The molecule has 0 aromatic heterocycles. The normalized spacial score (nSPS) is 30.8. The Morgan fingerprint density at radius 1 is 1.33 bits per heavy atom. The Balaban J connectivity index is 2.22. The minimum absolute atomic E-state index is 0.0858. The van der Waals surface area contributed by atoms with Crippen LogP contribution >= 0.6 is 12.2 Å². The Labute approximate surface area is 92.9 Å². The number of hydrazine groups is 1. The van der Waals surface area contributed by atoms with Crippen molar-refractivity contribution in [3.8, 4) is 0 Å². The van der Waals surface area contributed by atoms with Gasteiger partial charge in [0.15, 0.2) is 5.11 Å². The predicted molar refractivity (Wildman–Crippen MR) is 57.2 cm³/mol. The first-order valence-electron chi connectivity index (χ1n) is 5.05. The summed E-state index contributed by atoms with van der Waals surface area (Å²) >= 11 is 4.71. The number of nitrogens with one attached hydrogen (secondary N) is 1. The highest BCUT2D eigenvalue weighted by molar-refractivity contribution is 7.80. The maximum Gasteiger partial charge on any atom is 0.251 e. The minimum Gasteiger partial charge on any atom is -0.374 e. The molecule has 15 heavy (non-hydrogen) atoms. The van der Waals surface area contributed by atoms with Gasteiger partial charge in [-0.2, -0.15) is 5.01 Å². The summed E-state index contributed by atoms with van der Waals surface area (Å²) < 4.78 is 0. The fraction of sp³-hybridized carbons (Fsp3) is 0.667. The molecule has 1 saturated carbocycles. The average Bonchev–Trinajstić information content (AvgIpc) is 2.23. The van der Waals surface area contributed by atoms with Gasteiger partial charge in [0.2, 0.25) is 5.91 Å². The molecule has 1 aliphatic carbocycles. The van der Waals surface area contributed by atoms with Crippen molar-refractivity contribution in [3.05, 3.63) is 0 Å². The Morgan fingerprint density at radius 2 is 1.93 bits per heavy atom. The molecule has 0 aromatic carbocycles. The Hall–Kier alpha value is -1.17. The molecule has 0 bridgehead atoms. The van der Waals surface area contributed by atoms with Gasteiger partial charge in [0.05, 0.1) is 11.8 Å². The molecule has 2 amide bonds. The van der Waals surface area contributed by atoms with E-state index >= 15 is 0 Å². The molecule has 0 radical (unpaired) electrons. The van der Waals surface area contributed by atoms with Crippen molar-refractivity contribution in [2.75, 3.05) is 0 Å². The molecular weight excluding hydrogens is 214 g/mol. The minimum atomic E-state index is -0.228. The molecule has 1 aliphatic heterocycles. The van der Waals surface area contributed by atoms with Crippen LogP contribution in [-0.2, 0) is 9.59 Å². The fourth-order valence-corrected chi connectivity index (χ4v) is 2.45. The van der Waals surface area contributed by atoms with Crippen molar-refractivity contribution >= 4 is 29.1 Å². The van der Waals surface area contributed by atoms with Gasteiger partial charge in [0.1, 0.15) is 0 Å². The molecule has 1 heterocycles. The molecule has 0 spiro atoms. The van der Waals surface area contributed by atoms with E-state index in [1.54, 1.807) is 0 Å². The summed E-state index contributed by atoms with van der Waals surface area (Å²) in [6, 6.07) is 0. The summed E-state index contributed by atoms with van der Waals surface area (Å²) in [5.41, 5.74) is 7.81. The van der Waals surface area contributed by atoms with Gasteiger partial charge < -0.3 is 5.73 Å². The SMILES string of the molecule is NC(=S)N1NC(=O)C2CCCCC2C1=O. The summed E-state index contributed by atoms with van der Waals surface area (Å²) in [5, 5.41) is 0.918. The van der Waals surface area contributed by atoms with E-state index in [1.165, 1.54) is 0 Å². The number of carbonyl (C=O) groups excluding carboxylic acids is 2. The zero-order chi connectivity index (χ0) is 11.0. The summed E-state index contributed by atoms with van der Waals surface area (Å²) in [7, 11) is 0. The van der Waals surface area contributed by atoms with Crippen LogP contribution in [0.4, 0.5) is 0 Å². The smallest absolute Gasteiger partial charge is 0.251 e. The zero-order valence-electron chi connectivity index (χ0n) is 8.23. The number of nitrogens with two attached hydrogens (primary N) is 1. The van der Waals surface area contributed by atoms with Crippen LogP contribution in [0.15, 0.2) is 0 Å². The van der Waals surface area contributed by atoms with E-state index < -0.39 is 0 Å². The molecular formula is C9H13N3O2S. The molecule has 3 N–H and O–H groups in total. The topological polar surface area (TPSA) is 75.4 Å². The van der Waals surface area contributed by atoms with Gasteiger partial charge >= 0.3 is 0 Å². The molecule has 2 aliphatic rings. The second-order valence-electron chi connectivity index (χ2n) is 3.99. The summed E-state index contributed by atoms with van der Waals surface area (Å²) in [6.45, 7) is 0. The first-order valence-corrected chi connectivity index (χ1v) is 5.46. The summed E-state index contributed by atoms with van der Waals surface area (Å²) in [4.78, 5) is 23.6. The number of fused-ring (bicyclic) bond motifs is 1. The lowest BCUT2D eigenvalue weighted by atomic mass is 9.77. The van der Waals surface area contributed by atoms with Gasteiger partial charge in [-0.1, -0.05) is 12.8 Å². The number of nitrogens with zero attached hydrogens (tertiary/aromatic N) is 1. The molecule has 1 saturated heterocycles. The van der Waals surface area contributed by atoms with Gasteiger partial charge in [0.25, 0.3) is 5.91 Å². The van der Waals surface area contributed by atoms with Crippen molar-refractivity contribution in [1.82, 2.24) is 10.4 Å². The first kappa shape index (κ1) is 10.4. The lowest BCUT2D eigenvalue weighted by Crippen LogP contribution is -2.62. The van der Waals surface area contributed by atoms with Gasteiger partial charge in [-0.05, 0) is 25.1 Å². The van der Waals surface area contributed by atoms with E-state index in [1.807, 2.05) is 0 Å². The van der Waals surface area contributed by atoms with Crippen LogP contribution in [0.25, 0.3) is 0 Å². The molecule has 2 rings (SSSR count).